The molecular weight excluding hydrogens is 376 g/mol. The van der Waals surface area contributed by atoms with Crippen LogP contribution >= 0.6 is 0 Å². The lowest BCUT2D eigenvalue weighted by molar-refractivity contribution is -0.307. The Balaban J connectivity index is 1.77. The van der Waals surface area contributed by atoms with Gasteiger partial charge in [0.1, 0.15) is 12.2 Å². The molecule has 6 atom stereocenters. The Morgan fingerprint density at radius 2 is 1.97 bits per heavy atom. The van der Waals surface area contributed by atoms with Crippen LogP contribution in [-0.2, 0) is 23.8 Å². The van der Waals surface area contributed by atoms with Crippen LogP contribution in [0.25, 0.3) is 0 Å². The molecular formula is C22H34O7. The molecule has 0 aromatic rings. The zero-order valence-electron chi connectivity index (χ0n) is 18.1. The Labute approximate surface area is 172 Å². The Hall–Kier alpha value is -1.28. The molecule has 2 aliphatic carbocycles. The van der Waals surface area contributed by atoms with E-state index in [0.717, 1.165) is 31.3 Å². The fourth-order valence-corrected chi connectivity index (χ4v) is 5.04. The monoisotopic (exact) mass is 410 g/mol. The molecule has 0 bridgehead atoms. The Bertz CT molecular complexity index is 697. The van der Waals surface area contributed by atoms with Gasteiger partial charge in [0.2, 0.25) is 0 Å². The SMILES string of the molecule is CC(=O)OC1C(OC(C)(C)C2CCC3(C)CCC(=O)C(C)=C3C2)OCC(O)C1O. The summed E-state index contributed by atoms with van der Waals surface area (Å²) in [5.41, 5.74) is 1.56. The molecule has 3 rings (SSSR count). The number of fused-ring (bicyclic) bond motifs is 1. The van der Waals surface area contributed by atoms with Gasteiger partial charge in [0.25, 0.3) is 0 Å². The van der Waals surface area contributed by atoms with Gasteiger partial charge in [-0.25, -0.2) is 0 Å². The highest BCUT2D eigenvalue weighted by Crippen LogP contribution is 2.52. The van der Waals surface area contributed by atoms with Crippen LogP contribution < -0.4 is 0 Å². The van der Waals surface area contributed by atoms with Gasteiger partial charge in [-0.05, 0) is 63.4 Å². The van der Waals surface area contributed by atoms with Crippen molar-refractivity contribution in [2.24, 2.45) is 11.3 Å². The second-order valence-corrected chi connectivity index (χ2v) is 9.58. The number of hydrogen-bond donors (Lipinski definition) is 2. The maximum Gasteiger partial charge on any atom is 0.303 e. The highest BCUT2D eigenvalue weighted by molar-refractivity contribution is 5.96. The Kier molecular flexibility index (Phi) is 6.26. The summed E-state index contributed by atoms with van der Waals surface area (Å²) in [4.78, 5) is 23.7. The second kappa shape index (κ2) is 8.10. The van der Waals surface area contributed by atoms with E-state index >= 15 is 0 Å². The van der Waals surface area contributed by atoms with Gasteiger partial charge in [-0.1, -0.05) is 12.5 Å². The highest BCUT2D eigenvalue weighted by atomic mass is 16.7. The number of Topliss-reactive ketones (excluding diaryl/α,β-unsaturated/α-hetero) is 1. The van der Waals surface area contributed by atoms with Crippen LogP contribution in [0.4, 0.5) is 0 Å². The van der Waals surface area contributed by atoms with E-state index in [0.29, 0.717) is 6.42 Å². The predicted molar refractivity (Wildman–Crippen MR) is 105 cm³/mol. The van der Waals surface area contributed by atoms with Gasteiger partial charge in [0.05, 0.1) is 12.2 Å². The zero-order valence-corrected chi connectivity index (χ0v) is 18.1. The minimum Gasteiger partial charge on any atom is -0.454 e. The number of esters is 1. The lowest BCUT2D eigenvalue weighted by Gasteiger charge is -2.49. The third-order valence-corrected chi connectivity index (χ3v) is 7.13. The van der Waals surface area contributed by atoms with E-state index in [1.807, 2.05) is 20.8 Å². The summed E-state index contributed by atoms with van der Waals surface area (Å²) in [5, 5.41) is 20.2. The first-order valence-corrected chi connectivity index (χ1v) is 10.5. The van der Waals surface area contributed by atoms with Gasteiger partial charge in [-0.15, -0.1) is 0 Å². The van der Waals surface area contributed by atoms with Gasteiger partial charge in [0.15, 0.2) is 18.2 Å². The van der Waals surface area contributed by atoms with Gasteiger partial charge < -0.3 is 24.4 Å². The minimum absolute atomic E-state index is 0.0759. The lowest BCUT2D eigenvalue weighted by atomic mass is 9.59. The number of allylic oxidation sites excluding steroid dienone is 2. The number of carbonyl (C=O) groups excluding carboxylic acids is 2. The fourth-order valence-electron chi connectivity index (χ4n) is 5.04. The third-order valence-electron chi connectivity index (χ3n) is 7.13. The molecule has 1 saturated carbocycles. The van der Waals surface area contributed by atoms with Crippen molar-refractivity contribution in [3.8, 4) is 0 Å². The number of ketones is 1. The number of aliphatic hydroxyl groups excluding tert-OH is 2. The number of hydrogen-bond acceptors (Lipinski definition) is 7. The maximum absolute atomic E-state index is 12.3. The van der Waals surface area contributed by atoms with E-state index in [4.69, 9.17) is 14.2 Å². The summed E-state index contributed by atoms with van der Waals surface area (Å²) in [6.45, 7) is 9.26. The molecule has 0 aromatic carbocycles. The first kappa shape index (κ1) is 22.4. The van der Waals surface area contributed by atoms with Crippen molar-refractivity contribution in [1.82, 2.24) is 0 Å². The number of aliphatic hydroxyl groups is 2. The molecule has 29 heavy (non-hydrogen) atoms. The number of rotatable bonds is 4. The summed E-state index contributed by atoms with van der Waals surface area (Å²) >= 11 is 0. The number of ether oxygens (including phenoxy) is 3. The molecule has 7 nitrogen and oxygen atoms in total. The van der Waals surface area contributed by atoms with Gasteiger partial charge in [-0.3, -0.25) is 9.59 Å². The van der Waals surface area contributed by atoms with Crippen molar-refractivity contribution in [2.45, 2.75) is 96.9 Å². The largest absolute Gasteiger partial charge is 0.454 e. The lowest BCUT2D eigenvalue weighted by Crippen LogP contribution is -2.58. The number of carbonyl (C=O) groups is 2. The predicted octanol–water partition coefficient (Wildman–Crippen LogP) is 2.28. The summed E-state index contributed by atoms with van der Waals surface area (Å²) in [6.07, 6.45) is -0.243. The molecule has 6 unspecified atom stereocenters. The van der Waals surface area contributed by atoms with Crippen LogP contribution in [-0.4, -0.2) is 58.8 Å². The topological polar surface area (TPSA) is 102 Å². The second-order valence-electron chi connectivity index (χ2n) is 9.58. The zero-order chi connectivity index (χ0) is 21.6. The van der Waals surface area contributed by atoms with Crippen molar-refractivity contribution < 1.29 is 34.0 Å². The molecule has 0 radical (unpaired) electrons. The fraction of sp³-hybridized carbons (Fsp3) is 0.818. The van der Waals surface area contributed by atoms with Crippen LogP contribution in [0.1, 0.15) is 66.7 Å². The molecule has 164 valence electrons. The van der Waals surface area contributed by atoms with Crippen molar-refractivity contribution >= 4 is 11.8 Å². The summed E-state index contributed by atoms with van der Waals surface area (Å²) in [7, 11) is 0. The molecule has 2 N–H and O–H groups in total. The van der Waals surface area contributed by atoms with Crippen molar-refractivity contribution in [3.63, 3.8) is 0 Å². The van der Waals surface area contributed by atoms with Crippen LogP contribution in [0.5, 0.6) is 0 Å². The van der Waals surface area contributed by atoms with E-state index in [9.17, 15) is 19.8 Å². The van der Waals surface area contributed by atoms with Gasteiger partial charge in [-0.2, -0.15) is 0 Å². The molecule has 1 aliphatic heterocycles. The van der Waals surface area contributed by atoms with Crippen molar-refractivity contribution in [1.29, 1.82) is 0 Å². The molecule has 0 spiro atoms. The smallest absolute Gasteiger partial charge is 0.303 e. The first-order valence-electron chi connectivity index (χ1n) is 10.5. The average molecular weight is 411 g/mol. The molecule has 0 amide bonds. The van der Waals surface area contributed by atoms with Crippen LogP contribution in [0, 0.1) is 11.3 Å². The van der Waals surface area contributed by atoms with E-state index in [1.165, 1.54) is 12.5 Å². The molecule has 3 aliphatic rings. The molecule has 2 fully saturated rings. The summed E-state index contributed by atoms with van der Waals surface area (Å²) in [5.74, 6) is -0.190. The minimum atomic E-state index is -1.27. The van der Waals surface area contributed by atoms with Crippen LogP contribution in [0.15, 0.2) is 11.1 Å². The van der Waals surface area contributed by atoms with E-state index in [-0.39, 0.29) is 23.7 Å². The molecule has 1 saturated heterocycles. The molecule has 0 aromatic heterocycles. The Morgan fingerprint density at radius 3 is 2.62 bits per heavy atom. The van der Waals surface area contributed by atoms with E-state index in [1.54, 1.807) is 0 Å². The van der Waals surface area contributed by atoms with Crippen LogP contribution in [0.3, 0.4) is 0 Å². The molecule has 1 heterocycles. The normalized spacial score (nSPS) is 38.6. The van der Waals surface area contributed by atoms with Crippen LogP contribution in [0.2, 0.25) is 0 Å². The molecule has 7 heteroatoms. The first-order chi connectivity index (χ1) is 13.4. The summed E-state index contributed by atoms with van der Waals surface area (Å²) in [6, 6.07) is 0. The van der Waals surface area contributed by atoms with E-state index in [2.05, 4.69) is 6.92 Å². The van der Waals surface area contributed by atoms with Gasteiger partial charge >= 0.3 is 5.97 Å². The summed E-state index contributed by atoms with van der Waals surface area (Å²) < 4.78 is 17.0. The average Bonchev–Trinajstić information content (AvgIpc) is 2.64. The van der Waals surface area contributed by atoms with E-state index < -0.39 is 36.2 Å². The standard InChI is InChI=1S/C22H34O7/c1-12-15-10-14(6-8-22(15,5)9-7-16(12)24)21(3,4)29-20-19(28-13(2)23)18(26)17(25)11-27-20/h14,17-20,25-26H,6-11H2,1-5H3. The maximum atomic E-state index is 12.3. The quantitative estimate of drug-likeness (QED) is 0.686. The van der Waals surface area contributed by atoms with Crippen molar-refractivity contribution in [2.75, 3.05) is 6.61 Å². The van der Waals surface area contributed by atoms with Crippen molar-refractivity contribution in [3.05, 3.63) is 11.1 Å². The third kappa shape index (κ3) is 4.43. The Morgan fingerprint density at radius 1 is 1.28 bits per heavy atom. The highest BCUT2D eigenvalue weighted by Gasteiger charge is 2.48. The van der Waals surface area contributed by atoms with Gasteiger partial charge in [0, 0.05) is 13.3 Å².